The van der Waals surface area contributed by atoms with Gasteiger partial charge in [0.05, 0.1) is 18.2 Å². The van der Waals surface area contributed by atoms with Crippen LogP contribution in [0.2, 0.25) is 0 Å². The van der Waals surface area contributed by atoms with Gasteiger partial charge in [-0.2, -0.15) is 0 Å². The summed E-state index contributed by atoms with van der Waals surface area (Å²) in [6.45, 7) is 0. The third-order valence-electron chi connectivity index (χ3n) is 6.21. The first-order valence-electron chi connectivity index (χ1n) is 11.5. The first-order chi connectivity index (χ1) is 16.8. The molecule has 184 valence electrons. The summed E-state index contributed by atoms with van der Waals surface area (Å²) >= 11 is 0. The van der Waals surface area contributed by atoms with Gasteiger partial charge in [-0.05, 0) is 67.1 Å². The highest BCUT2D eigenvalue weighted by Gasteiger charge is 2.21. The summed E-state index contributed by atoms with van der Waals surface area (Å²) in [5.41, 5.74) is 2.97. The van der Waals surface area contributed by atoms with Crippen LogP contribution in [0, 0.1) is 0 Å². The summed E-state index contributed by atoms with van der Waals surface area (Å²) in [5.74, 6) is -0.595. The van der Waals surface area contributed by atoms with E-state index in [4.69, 9.17) is 9.47 Å². The number of amides is 2. The number of carboxylic acid groups (broad SMARTS) is 1. The molecular formula is C26H29N3O6. The minimum Gasteiger partial charge on any atom is -0.496 e. The molecule has 4 rings (SSSR count). The number of carbonyl (C=O) groups is 3. The van der Waals surface area contributed by atoms with Crippen LogP contribution in [0.5, 0.6) is 5.75 Å². The number of aromatic nitrogens is 1. The Hall–Kier alpha value is -4.01. The Morgan fingerprint density at radius 2 is 1.83 bits per heavy atom. The Kier molecular flexibility index (Phi) is 6.95. The number of hydrogen-bond acceptors (Lipinski definition) is 5. The summed E-state index contributed by atoms with van der Waals surface area (Å²) < 4.78 is 12.5. The molecule has 1 aliphatic carbocycles. The van der Waals surface area contributed by atoms with Crippen LogP contribution >= 0.6 is 0 Å². The van der Waals surface area contributed by atoms with Crippen LogP contribution in [0.25, 0.3) is 10.9 Å². The van der Waals surface area contributed by atoms with E-state index in [1.54, 1.807) is 43.1 Å². The van der Waals surface area contributed by atoms with Crippen LogP contribution in [0.4, 0.5) is 15.3 Å². The van der Waals surface area contributed by atoms with E-state index in [-0.39, 0.29) is 17.7 Å². The van der Waals surface area contributed by atoms with Crippen molar-refractivity contribution in [3.05, 3.63) is 59.3 Å². The van der Waals surface area contributed by atoms with E-state index in [0.717, 1.165) is 42.2 Å². The molecule has 0 unspecified atom stereocenters. The van der Waals surface area contributed by atoms with Crippen LogP contribution in [0.3, 0.4) is 0 Å². The first-order valence-corrected chi connectivity index (χ1v) is 11.5. The Balaban J connectivity index is 1.69. The number of aromatic carboxylic acids is 1. The first kappa shape index (κ1) is 24.1. The van der Waals surface area contributed by atoms with Gasteiger partial charge in [-0.25, -0.2) is 14.4 Å². The number of rotatable bonds is 6. The van der Waals surface area contributed by atoms with Crippen LogP contribution in [-0.2, 0) is 11.2 Å². The molecular weight excluding hydrogens is 450 g/mol. The van der Waals surface area contributed by atoms with Crippen LogP contribution in [0.1, 0.15) is 47.2 Å². The minimum absolute atomic E-state index is 0.0469. The van der Waals surface area contributed by atoms with Crippen molar-refractivity contribution < 1.29 is 29.0 Å². The molecule has 9 heteroatoms. The smallest absolute Gasteiger partial charge is 0.411 e. The van der Waals surface area contributed by atoms with Crippen LogP contribution in [-0.4, -0.2) is 60.0 Å². The highest BCUT2D eigenvalue weighted by Crippen LogP contribution is 2.31. The van der Waals surface area contributed by atoms with Gasteiger partial charge in [-0.3, -0.25) is 9.88 Å². The molecule has 2 N–H and O–H groups in total. The fourth-order valence-corrected chi connectivity index (χ4v) is 4.42. The fourth-order valence-electron chi connectivity index (χ4n) is 4.42. The maximum atomic E-state index is 12.8. The fraction of sp³-hybridized carbons (Fsp3) is 0.346. The van der Waals surface area contributed by atoms with Crippen molar-refractivity contribution in [2.24, 2.45) is 0 Å². The molecule has 9 nitrogen and oxygen atoms in total. The Morgan fingerprint density at radius 1 is 1.09 bits per heavy atom. The average Bonchev–Trinajstić information content (AvgIpc) is 3.46. The molecule has 1 fully saturated rings. The van der Waals surface area contributed by atoms with Crippen molar-refractivity contribution in [2.45, 2.75) is 38.2 Å². The second-order valence-electron chi connectivity index (χ2n) is 8.88. The Bertz CT molecular complexity index is 1270. The zero-order valence-electron chi connectivity index (χ0n) is 20.0. The number of ether oxygens (including phenoxy) is 2. The molecule has 1 aromatic heterocycles. The molecule has 1 heterocycles. The van der Waals surface area contributed by atoms with Gasteiger partial charge >= 0.3 is 18.1 Å². The molecule has 0 aliphatic heterocycles. The number of nitrogens with zero attached hydrogens (tertiary/aromatic N) is 2. The van der Waals surface area contributed by atoms with Gasteiger partial charge in [0.2, 0.25) is 0 Å². The normalized spacial score (nSPS) is 13.6. The highest BCUT2D eigenvalue weighted by molar-refractivity contribution is 5.97. The van der Waals surface area contributed by atoms with Crippen LogP contribution < -0.4 is 10.1 Å². The average molecular weight is 480 g/mol. The molecule has 0 spiro atoms. The van der Waals surface area contributed by atoms with E-state index in [1.165, 1.54) is 24.1 Å². The number of fused-ring (bicyclic) bond motifs is 1. The van der Waals surface area contributed by atoms with E-state index in [0.29, 0.717) is 23.4 Å². The lowest BCUT2D eigenvalue weighted by Crippen LogP contribution is -2.26. The topological polar surface area (TPSA) is 110 Å². The van der Waals surface area contributed by atoms with E-state index in [1.807, 2.05) is 6.07 Å². The van der Waals surface area contributed by atoms with Crippen LogP contribution in [0.15, 0.2) is 42.6 Å². The van der Waals surface area contributed by atoms with Gasteiger partial charge in [0.15, 0.2) is 0 Å². The van der Waals surface area contributed by atoms with E-state index >= 15 is 0 Å². The summed E-state index contributed by atoms with van der Waals surface area (Å²) in [6.07, 6.45) is 5.52. The molecule has 2 amide bonds. The zero-order chi connectivity index (χ0) is 25.1. The van der Waals surface area contributed by atoms with E-state index in [2.05, 4.69) is 5.32 Å². The van der Waals surface area contributed by atoms with Crippen molar-refractivity contribution in [3.8, 4) is 5.75 Å². The molecule has 35 heavy (non-hydrogen) atoms. The number of anilines is 1. The van der Waals surface area contributed by atoms with Gasteiger partial charge in [0.1, 0.15) is 11.9 Å². The zero-order valence-corrected chi connectivity index (χ0v) is 20.0. The summed E-state index contributed by atoms with van der Waals surface area (Å²) in [4.78, 5) is 38.0. The Morgan fingerprint density at radius 3 is 2.49 bits per heavy atom. The van der Waals surface area contributed by atoms with Gasteiger partial charge in [-0.1, -0.05) is 6.07 Å². The standard InChI is InChI=1S/C26H29N3O6/c1-28(2)26(33)29-15-18(12-16-8-9-17(24(30)31)13-23(16)34-3)21-14-19(10-11-22(21)29)27-25(32)35-20-6-4-5-7-20/h8-11,13-15,20H,4-7,12H2,1-3H3,(H,27,32)(H,30,31). The summed E-state index contributed by atoms with van der Waals surface area (Å²) in [6, 6.07) is 9.85. The van der Waals surface area contributed by atoms with Gasteiger partial charge in [0, 0.05) is 37.8 Å². The third-order valence-corrected chi connectivity index (χ3v) is 6.21. The maximum Gasteiger partial charge on any atom is 0.411 e. The number of carboxylic acids is 1. The lowest BCUT2D eigenvalue weighted by Gasteiger charge is -2.13. The summed E-state index contributed by atoms with van der Waals surface area (Å²) in [5, 5.41) is 12.9. The monoisotopic (exact) mass is 479 g/mol. The van der Waals surface area contributed by atoms with E-state index in [9.17, 15) is 19.5 Å². The van der Waals surface area contributed by atoms with Gasteiger partial charge in [-0.15, -0.1) is 0 Å². The highest BCUT2D eigenvalue weighted by atomic mass is 16.6. The predicted molar refractivity (Wildman–Crippen MR) is 132 cm³/mol. The third kappa shape index (κ3) is 5.24. The molecule has 0 radical (unpaired) electrons. The van der Waals surface area contributed by atoms with Crippen molar-refractivity contribution >= 4 is 34.7 Å². The molecule has 0 atom stereocenters. The predicted octanol–water partition coefficient (Wildman–Crippen LogP) is 4.96. The van der Waals surface area contributed by atoms with E-state index < -0.39 is 12.1 Å². The van der Waals surface area contributed by atoms with Crippen molar-refractivity contribution in [1.29, 1.82) is 0 Å². The second kappa shape index (κ2) is 10.1. The van der Waals surface area contributed by atoms with Crippen molar-refractivity contribution in [2.75, 3.05) is 26.5 Å². The molecule has 3 aromatic rings. The minimum atomic E-state index is -1.04. The van der Waals surface area contributed by atoms with Gasteiger partial charge in [0.25, 0.3) is 0 Å². The van der Waals surface area contributed by atoms with Gasteiger partial charge < -0.3 is 19.5 Å². The molecule has 0 saturated heterocycles. The summed E-state index contributed by atoms with van der Waals surface area (Å²) in [7, 11) is 4.84. The largest absolute Gasteiger partial charge is 0.496 e. The number of carbonyl (C=O) groups excluding carboxylic acids is 2. The number of benzene rings is 2. The SMILES string of the molecule is COc1cc(C(=O)O)ccc1Cc1cn(C(=O)N(C)C)c2ccc(NC(=O)OC3CCCC3)cc12. The number of nitrogens with one attached hydrogen (secondary N) is 1. The maximum absolute atomic E-state index is 12.8. The Labute approximate surface area is 203 Å². The van der Waals surface area contributed by atoms with Crippen molar-refractivity contribution in [1.82, 2.24) is 9.47 Å². The quantitative estimate of drug-likeness (QED) is 0.517. The lowest BCUT2D eigenvalue weighted by atomic mass is 10.0. The second-order valence-corrected chi connectivity index (χ2v) is 8.88. The molecule has 1 saturated carbocycles. The molecule has 0 bridgehead atoms. The van der Waals surface area contributed by atoms with Crippen molar-refractivity contribution in [3.63, 3.8) is 0 Å². The molecule has 1 aliphatic rings. The lowest BCUT2D eigenvalue weighted by molar-refractivity contribution is 0.0696. The number of methoxy groups -OCH3 is 1. The molecule has 2 aromatic carbocycles. The number of hydrogen-bond donors (Lipinski definition) is 2.